The lowest BCUT2D eigenvalue weighted by atomic mass is 9.95. The van der Waals surface area contributed by atoms with Crippen LogP contribution in [0.4, 0.5) is 4.39 Å². The van der Waals surface area contributed by atoms with Crippen LogP contribution in [0.25, 0.3) is 0 Å². The summed E-state index contributed by atoms with van der Waals surface area (Å²) in [4.78, 5) is 17.5. The molecule has 1 unspecified atom stereocenters. The molecule has 2 fully saturated rings. The molecule has 1 atom stereocenters. The fourth-order valence-corrected chi connectivity index (χ4v) is 4.53. The summed E-state index contributed by atoms with van der Waals surface area (Å²) in [6.07, 6.45) is 5.88. The van der Waals surface area contributed by atoms with Crippen LogP contribution in [0.5, 0.6) is 0 Å². The van der Waals surface area contributed by atoms with Crippen molar-refractivity contribution in [2.24, 2.45) is 13.0 Å². The molecule has 2 saturated heterocycles. The van der Waals surface area contributed by atoms with E-state index in [2.05, 4.69) is 10.00 Å². The summed E-state index contributed by atoms with van der Waals surface area (Å²) in [5.41, 5.74) is 1.37. The van der Waals surface area contributed by atoms with Gasteiger partial charge in [0.05, 0.1) is 6.10 Å². The first-order valence-corrected chi connectivity index (χ1v) is 10.9. The third-order valence-corrected chi connectivity index (χ3v) is 6.31. The smallest absolute Gasteiger partial charge is 0.272 e. The molecule has 2 aliphatic rings. The monoisotopic (exact) mass is 414 g/mol. The molecule has 4 rings (SSSR count). The molecular formula is C23H31FN4O2. The number of nitrogens with zero attached hydrogens (tertiary/aromatic N) is 4. The summed E-state index contributed by atoms with van der Waals surface area (Å²) < 4.78 is 21.4. The van der Waals surface area contributed by atoms with Crippen LogP contribution < -0.4 is 0 Å². The number of aryl methyl sites for hydroxylation is 1. The Hall–Kier alpha value is -2.25. The maximum Gasteiger partial charge on any atom is 0.272 e. The summed E-state index contributed by atoms with van der Waals surface area (Å²) in [6, 6.07) is 8.78. The SMILES string of the molecule is Cn1nccc1C(=O)N(CC1CCN(Cc2ccccc2F)CC1)CC1CCCO1. The Morgan fingerprint density at radius 3 is 2.67 bits per heavy atom. The van der Waals surface area contributed by atoms with Gasteiger partial charge in [-0.25, -0.2) is 4.39 Å². The van der Waals surface area contributed by atoms with E-state index in [1.807, 2.05) is 17.0 Å². The van der Waals surface area contributed by atoms with Gasteiger partial charge in [-0.1, -0.05) is 18.2 Å². The molecule has 1 aromatic carbocycles. The van der Waals surface area contributed by atoms with Gasteiger partial charge in [0.1, 0.15) is 11.5 Å². The summed E-state index contributed by atoms with van der Waals surface area (Å²) in [5, 5.41) is 4.16. The van der Waals surface area contributed by atoms with Gasteiger partial charge >= 0.3 is 0 Å². The first kappa shape index (κ1) is 21.0. The molecule has 6 nitrogen and oxygen atoms in total. The van der Waals surface area contributed by atoms with E-state index in [-0.39, 0.29) is 17.8 Å². The Balaban J connectivity index is 1.35. The highest BCUT2D eigenvalue weighted by Crippen LogP contribution is 2.23. The van der Waals surface area contributed by atoms with Gasteiger partial charge in [0.2, 0.25) is 0 Å². The van der Waals surface area contributed by atoms with Gasteiger partial charge in [0.25, 0.3) is 5.91 Å². The Bertz CT molecular complexity index is 841. The highest BCUT2D eigenvalue weighted by Gasteiger charge is 2.29. The third kappa shape index (κ3) is 5.08. The number of halogens is 1. The Kier molecular flexibility index (Phi) is 6.79. The van der Waals surface area contributed by atoms with Gasteiger partial charge in [-0.2, -0.15) is 5.10 Å². The lowest BCUT2D eigenvalue weighted by molar-refractivity contribution is 0.0436. The zero-order valence-electron chi connectivity index (χ0n) is 17.7. The predicted octanol–water partition coefficient (Wildman–Crippen LogP) is 3.09. The van der Waals surface area contributed by atoms with Crippen molar-refractivity contribution in [3.05, 3.63) is 53.6 Å². The fraction of sp³-hybridized carbons (Fsp3) is 0.565. The molecular weight excluding hydrogens is 383 g/mol. The average molecular weight is 415 g/mol. The molecule has 0 radical (unpaired) electrons. The highest BCUT2D eigenvalue weighted by molar-refractivity contribution is 5.92. The molecule has 0 bridgehead atoms. The van der Waals surface area contributed by atoms with Crippen molar-refractivity contribution in [3.8, 4) is 0 Å². The number of hydrogen-bond acceptors (Lipinski definition) is 4. The third-order valence-electron chi connectivity index (χ3n) is 6.31. The van der Waals surface area contributed by atoms with Crippen molar-refractivity contribution in [1.82, 2.24) is 19.6 Å². The number of amides is 1. The zero-order valence-corrected chi connectivity index (χ0v) is 17.7. The molecule has 0 saturated carbocycles. The summed E-state index contributed by atoms with van der Waals surface area (Å²) in [7, 11) is 1.80. The zero-order chi connectivity index (χ0) is 20.9. The van der Waals surface area contributed by atoms with E-state index in [9.17, 15) is 9.18 Å². The van der Waals surface area contributed by atoms with E-state index < -0.39 is 0 Å². The van der Waals surface area contributed by atoms with Crippen LogP contribution in [-0.4, -0.2) is 64.4 Å². The van der Waals surface area contributed by atoms with Crippen molar-refractivity contribution >= 4 is 5.91 Å². The Labute approximate surface area is 177 Å². The van der Waals surface area contributed by atoms with Crippen molar-refractivity contribution in [2.75, 3.05) is 32.8 Å². The van der Waals surface area contributed by atoms with Crippen molar-refractivity contribution in [2.45, 2.75) is 38.3 Å². The number of rotatable bonds is 7. The van der Waals surface area contributed by atoms with E-state index in [0.29, 0.717) is 24.7 Å². The lowest BCUT2D eigenvalue weighted by Crippen LogP contribution is -2.44. The van der Waals surface area contributed by atoms with Crippen LogP contribution in [0.2, 0.25) is 0 Å². The van der Waals surface area contributed by atoms with Gasteiger partial charge in [-0.05, 0) is 56.8 Å². The first-order valence-electron chi connectivity index (χ1n) is 10.9. The van der Waals surface area contributed by atoms with Crippen LogP contribution in [0, 0.1) is 11.7 Å². The molecule has 2 aliphatic heterocycles. The number of likely N-dealkylation sites (tertiary alicyclic amines) is 1. The van der Waals surface area contributed by atoms with E-state index in [0.717, 1.165) is 57.5 Å². The molecule has 1 amide bonds. The summed E-state index contributed by atoms with van der Waals surface area (Å²) in [6.45, 7) is 4.65. The van der Waals surface area contributed by atoms with Gasteiger partial charge in [0.15, 0.2) is 0 Å². The molecule has 0 aliphatic carbocycles. The van der Waals surface area contributed by atoms with Crippen LogP contribution in [0.3, 0.4) is 0 Å². The van der Waals surface area contributed by atoms with Crippen molar-refractivity contribution in [3.63, 3.8) is 0 Å². The molecule has 0 spiro atoms. The second-order valence-electron chi connectivity index (χ2n) is 8.50. The molecule has 162 valence electrons. The number of hydrogen-bond donors (Lipinski definition) is 0. The standard InChI is InChI=1S/C23H31FN4O2/c1-26-22(8-11-25-26)23(29)28(17-20-6-4-14-30-20)15-18-9-12-27(13-10-18)16-19-5-2-3-7-21(19)24/h2-3,5,7-8,11,18,20H,4,6,9-10,12-17H2,1H3. The minimum absolute atomic E-state index is 0.0271. The first-order chi connectivity index (χ1) is 14.6. The normalized spacial score (nSPS) is 20.5. The number of carbonyl (C=O) groups excluding carboxylic acids is 1. The second kappa shape index (κ2) is 9.71. The second-order valence-corrected chi connectivity index (χ2v) is 8.50. The van der Waals surface area contributed by atoms with E-state index in [1.54, 1.807) is 30.1 Å². The van der Waals surface area contributed by atoms with Crippen LogP contribution >= 0.6 is 0 Å². The number of aromatic nitrogens is 2. The van der Waals surface area contributed by atoms with Crippen LogP contribution in [0.15, 0.2) is 36.5 Å². The Morgan fingerprint density at radius 2 is 2.00 bits per heavy atom. The largest absolute Gasteiger partial charge is 0.376 e. The maximum absolute atomic E-state index is 14.0. The number of piperidine rings is 1. The van der Waals surface area contributed by atoms with E-state index >= 15 is 0 Å². The summed E-state index contributed by atoms with van der Waals surface area (Å²) in [5.74, 6) is 0.337. The molecule has 0 N–H and O–H groups in total. The lowest BCUT2D eigenvalue weighted by Gasteiger charge is -2.35. The molecule has 2 aromatic rings. The quantitative estimate of drug-likeness (QED) is 0.699. The van der Waals surface area contributed by atoms with E-state index in [4.69, 9.17) is 4.74 Å². The number of ether oxygens (including phenoxy) is 1. The molecule has 30 heavy (non-hydrogen) atoms. The van der Waals surface area contributed by atoms with Crippen molar-refractivity contribution in [1.29, 1.82) is 0 Å². The molecule has 1 aromatic heterocycles. The van der Waals surface area contributed by atoms with Crippen LogP contribution in [-0.2, 0) is 18.3 Å². The fourth-order valence-electron chi connectivity index (χ4n) is 4.53. The van der Waals surface area contributed by atoms with Gasteiger partial charge in [-0.15, -0.1) is 0 Å². The predicted molar refractivity (Wildman–Crippen MR) is 112 cm³/mol. The van der Waals surface area contributed by atoms with Crippen LogP contribution in [0.1, 0.15) is 41.7 Å². The number of carbonyl (C=O) groups is 1. The minimum atomic E-state index is -0.135. The topological polar surface area (TPSA) is 50.6 Å². The number of benzene rings is 1. The maximum atomic E-state index is 14.0. The molecule has 3 heterocycles. The Morgan fingerprint density at radius 1 is 1.20 bits per heavy atom. The van der Waals surface area contributed by atoms with Gasteiger partial charge in [-0.3, -0.25) is 14.4 Å². The van der Waals surface area contributed by atoms with Crippen molar-refractivity contribution < 1.29 is 13.9 Å². The highest BCUT2D eigenvalue weighted by atomic mass is 19.1. The molecule has 7 heteroatoms. The van der Waals surface area contributed by atoms with Gasteiger partial charge < -0.3 is 9.64 Å². The summed E-state index contributed by atoms with van der Waals surface area (Å²) >= 11 is 0. The minimum Gasteiger partial charge on any atom is -0.376 e. The van der Waals surface area contributed by atoms with Gasteiger partial charge in [0, 0.05) is 45.0 Å². The van der Waals surface area contributed by atoms with E-state index in [1.165, 1.54) is 6.07 Å². The average Bonchev–Trinajstić information content (AvgIpc) is 3.42.